The van der Waals surface area contributed by atoms with E-state index < -0.39 is 0 Å². The zero-order chi connectivity index (χ0) is 15.0. The lowest BCUT2D eigenvalue weighted by atomic mass is 9.65. The van der Waals surface area contributed by atoms with Crippen LogP contribution in [-0.2, 0) is 0 Å². The van der Waals surface area contributed by atoms with Gasteiger partial charge >= 0.3 is 0 Å². The van der Waals surface area contributed by atoms with E-state index >= 15 is 0 Å². The number of likely N-dealkylation sites (tertiary alicyclic amines) is 2. The minimum absolute atomic E-state index is 0.181. The molecule has 2 saturated heterocycles. The lowest BCUT2D eigenvalue weighted by Crippen LogP contribution is -2.72. The average Bonchev–Trinajstić information content (AvgIpc) is 2.78. The highest BCUT2D eigenvalue weighted by atomic mass is 15.4. The molecule has 0 aromatic heterocycles. The topological polar surface area (TPSA) is 30.9 Å². The number of nitrogens with zero attached hydrogens (tertiary/aromatic N) is 3. The first-order chi connectivity index (χ1) is 9.28. The van der Waals surface area contributed by atoms with Gasteiger partial charge in [0.1, 0.15) is 0 Å². The number of hydrogen-bond acceptors (Lipinski definition) is 2. The summed E-state index contributed by atoms with van der Waals surface area (Å²) in [5.41, 5.74) is 0.539. The van der Waals surface area contributed by atoms with E-state index in [1.807, 2.05) is 0 Å². The lowest BCUT2D eigenvalue weighted by Gasteiger charge is -2.62. The third kappa shape index (κ3) is 2.80. The molecule has 0 amide bonds. The molecule has 0 aromatic rings. The summed E-state index contributed by atoms with van der Waals surface area (Å²) in [4.78, 5) is 9.76. The molecule has 4 heteroatoms. The van der Waals surface area contributed by atoms with Crippen LogP contribution in [0.25, 0.3) is 0 Å². The molecule has 1 N–H and O–H groups in total. The molecule has 2 rings (SSSR count). The Labute approximate surface area is 124 Å². The maximum absolute atomic E-state index is 4.92. The van der Waals surface area contributed by atoms with E-state index in [4.69, 9.17) is 4.99 Å². The molecule has 2 aliphatic heterocycles. The monoisotopic (exact) mass is 280 g/mol. The molecule has 0 spiro atoms. The molecule has 0 saturated carbocycles. The van der Waals surface area contributed by atoms with E-state index in [2.05, 4.69) is 56.8 Å². The van der Waals surface area contributed by atoms with Gasteiger partial charge in [-0.3, -0.25) is 4.99 Å². The molecule has 1 unspecified atom stereocenters. The Bertz CT molecular complexity index is 373. The number of aliphatic imine (C=N–C) groups is 1. The van der Waals surface area contributed by atoms with Gasteiger partial charge in [0.2, 0.25) is 0 Å². The summed E-state index contributed by atoms with van der Waals surface area (Å²) in [7, 11) is 2.20. The van der Waals surface area contributed by atoms with Crippen molar-refractivity contribution < 1.29 is 0 Å². The Morgan fingerprint density at radius 1 is 1.30 bits per heavy atom. The van der Waals surface area contributed by atoms with E-state index in [-0.39, 0.29) is 5.54 Å². The standard InChI is InChI=1S/C16H32N4/c1-7-17-14(18-10-13-8-9-19(6)11-13)20-12-15(2,3)16(20,4)5/h13H,7-12H2,1-6H3,(H,17,18). The van der Waals surface area contributed by atoms with E-state index in [0.717, 1.165) is 31.5 Å². The van der Waals surface area contributed by atoms with Crippen LogP contribution < -0.4 is 5.32 Å². The third-order valence-electron chi connectivity index (χ3n) is 5.46. The molecule has 116 valence electrons. The molecule has 4 nitrogen and oxygen atoms in total. The van der Waals surface area contributed by atoms with Gasteiger partial charge < -0.3 is 15.1 Å². The van der Waals surface area contributed by atoms with Gasteiger partial charge in [0.05, 0.1) is 0 Å². The molecule has 0 aliphatic carbocycles. The fourth-order valence-electron chi connectivity index (χ4n) is 3.19. The van der Waals surface area contributed by atoms with Crippen molar-refractivity contribution in [2.75, 3.05) is 39.8 Å². The quantitative estimate of drug-likeness (QED) is 0.634. The smallest absolute Gasteiger partial charge is 0.194 e. The molecular weight excluding hydrogens is 248 g/mol. The van der Waals surface area contributed by atoms with Crippen LogP contribution in [-0.4, -0.2) is 61.1 Å². The van der Waals surface area contributed by atoms with Gasteiger partial charge in [0, 0.05) is 37.1 Å². The van der Waals surface area contributed by atoms with E-state index in [1.54, 1.807) is 0 Å². The normalized spacial score (nSPS) is 29.4. The molecule has 0 radical (unpaired) electrons. The summed E-state index contributed by atoms with van der Waals surface area (Å²) >= 11 is 0. The van der Waals surface area contributed by atoms with Crippen LogP contribution in [0.5, 0.6) is 0 Å². The van der Waals surface area contributed by atoms with Crippen molar-refractivity contribution in [2.45, 2.75) is 46.6 Å². The Kier molecular flexibility index (Phi) is 4.33. The van der Waals surface area contributed by atoms with Crippen molar-refractivity contribution in [2.24, 2.45) is 16.3 Å². The largest absolute Gasteiger partial charge is 0.356 e. The summed E-state index contributed by atoms with van der Waals surface area (Å²) in [6.07, 6.45) is 1.29. The molecule has 2 heterocycles. The Morgan fingerprint density at radius 3 is 2.45 bits per heavy atom. The molecule has 0 aromatic carbocycles. The summed E-state index contributed by atoms with van der Waals surface area (Å²) < 4.78 is 0. The first-order valence-electron chi connectivity index (χ1n) is 8.02. The van der Waals surface area contributed by atoms with Crippen molar-refractivity contribution in [1.29, 1.82) is 0 Å². The van der Waals surface area contributed by atoms with Crippen molar-refractivity contribution in [3.63, 3.8) is 0 Å². The lowest BCUT2D eigenvalue weighted by molar-refractivity contribution is -0.0667. The first-order valence-corrected chi connectivity index (χ1v) is 8.02. The summed E-state index contributed by atoms with van der Waals surface area (Å²) in [5.74, 6) is 1.83. The maximum Gasteiger partial charge on any atom is 0.194 e. The van der Waals surface area contributed by atoms with Crippen LogP contribution in [0.4, 0.5) is 0 Å². The van der Waals surface area contributed by atoms with Gasteiger partial charge in [-0.2, -0.15) is 0 Å². The second-order valence-corrected chi connectivity index (χ2v) is 7.64. The number of guanidine groups is 1. The first kappa shape index (κ1) is 15.6. The van der Waals surface area contributed by atoms with Crippen molar-refractivity contribution in [1.82, 2.24) is 15.1 Å². The Hall–Kier alpha value is -0.770. The zero-order valence-corrected chi connectivity index (χ0v) is 14.2. The molecule has 1 atom stereocenters. The molecule has 20 heavy (non-hydrogen) atoms. The van der Waals surface area contributed by atoms with Gasteiger partial charge in [-0.1, -0.05) is 13.8 Å². The number of rotatable bonds is 3. The summed E-state index contributed by atoms with van der Waals surface area (Å²) in [5, 5.41) is 3.48. The molecular formula is C16H32N4. The Balaban J connectivity index is 2.00. The van der Waals surface area contributed by atoms with Crippen LogP contribution in [0, 0.1) is 11.3 Å². The van der Waals surface area contributed by atoms with Crippen molar-refractivity contribution >= 4 is 5.96 Å². The minimum Gasteiger partial charge on any atom is -0.356 e. The second-order valence-electron chi connectivity index (χ2n) is 7.64. The SMILES string of the molecule is CCNC(=NCC1CCN(C)C1)N1CC(C)(C)C1(C)C. The van der Waals surface area contributed by atoms with Gasteiger partial charge in [0.15, 0.2) is 5.96 Å². The van der Waals surface area contributed by atoms with Crippen LogP contribution in [0.15, 0.2) is 4.99 Å². The number of hydrogen-bond donors (Lipinski definition) is 1. The van der Waals surface area contributed by atoms with E-state index in [0.29, 0.717) is 5.41 Å². The highest BCUT2D eigenvalue weighted by Gasteiger charge is 2.53. The Morgan fingerprint density at radius 2 is 2.00 bits per heavy atom. The van der Waals surface area contributed by atoms with Crippen LogP contribution in [0.3, 0.4) is 0 Å². The summed E-state index contributed by atoms with van der Waals surface area (Å²) in [6, 6.07) is 0. The second kappa shape index (κ2) is 5.55. The fourth-order valence-corrected chi connectivity index (χ4v) is 3.19. The third-order valence-corrected chi connectivity index (χ3v) is 5.46. The van der Waals surface area contributed by atoms with E-state index in [1.165, 1.54) is 19.5 Å². The fraction of sp³-hybridized carbons (Fsp3) is 0.938. The number of nitrogens with one attached hydrogen (secondary N) is 1. The maximum atomic E-state index is 4.92. The van der Waals surface area contributed by atoms with Crippen molar-refractivity contribution in [3.05, 3.63) is 0 Å². The highest BCUT2D eigenvalue weighted by Crippen LogP contribution is 2.46. The van der Waals surface area contributed by atoms with Crippen LogP contribution in [0.1, 0.15) is 41.0 Å². The predicted molar refractivity (Wildman–Crippen MR) is 86.1 cm³/mol. The molecule has 2 fully saturated rings. The predicted octanol–water partition coefficient (Wildman–Crippen LogP) is 2.02. The van der Waals surface area contributed by atoms with Crippen LogP contribution >= 0.6 is 0 Å². The van der Waals surface area contributed by atoms with Gasteiger partial charge in [0.25, 0.3) is 0 Å². The van der Waals surface area contributed by atoms with Gasteiger partial charge in [-0.05, 0) is 46.7 Å². The van der Waals surface area contributed by atoms with Gasteiger partial charge in [-0.25, -0.2) is 0 Å². The van der Waals surface area contributed by atoms with E-state index in [9.17, 15) is 0 Å². The highest BCUT2D eigenvalue weighted by molar-refractivity contribution is 5.82. The minimum atomic E-state index is 0.181. The van der Waals surface area contributed by atoms with Gasteiger partial charge in [-0.15, -0.1) is 0 Å². The molecule has 2 aliphatic rings. The van der Waals surface area contributed by atoms with Crippen molar-refractivity contribution in [3.8, 4) is 0 Å². The summed E-state index contributed by atoms with van der Waals surface area (Å²) in [6.45, 7) is 16.9. The van der Waals surface area contributed by atoms with Crippen LogP contribution in [0.2, 0.25) is 0 Å². The molecule has 0 bridgehead atoms. The average molecular weight is 280 g/mol. The zero-order valence-electron chi connectivity index (χ0n) is 14.2.